The Morgan fingerprint density at radius 1 is 1.50 bits per heavy atom. The van der Waals surface area contributed by atoms with Crippen LogP contribution in [0.25, 0.3) is 0 Å². The molecule has 0 spiro atoms. The van der Waals surface area contributed by atoms with Gasteiger partial charge in [0.05, 0.1) is 6.54 Å². The second kappa shape index (κ2) is 5.03. The van der Waals surface area contributed by atoms with E-state index in [9.17, 15) is 8.78 Å². The Hall–Kier alpha value is -0.220. The molecule has 0 aromatic carbocycles. The third-order valence-electron chi connectivity index (χ3n) is 2.82. The fraction of sp³-hybridized carbons (Fsp3) is 1.00. The van der Waals surface area contributed by atoms with Crippen molar-refractivity contribution in [3.8, 4) is 0 Å². The Morgan fingerprint density at radius 2 is 2.21 bits per heavy atom. The molecular formula is C10H19F2NO. The van der Waals surface area contributed by atoms with E-state index in [1.165, 1.54) is 0 Å². The van der Waals surface area contributed by atoms with Crippen LogP contribution in [0.1, 0.15) is 26.2 Å². The summed E-state index contributed by atoms with van der Waals surface area (Å²) in [4.78, 5) is 1.77. The van der Waals surface area contributed by atoms with Crippen LogP contribution < -0.4 is 0 Å². The minimum atomic E-state index is -2.52. The molecule has 0 aliphatic carbocycles. The van der Waals surface area contributed by atoms with Crippen LogP contribution in [0.5, 0.6) is 0 Å². The van der Waals surface area contributed by atoms with Crippen molar-refractivity contribution in [1.29, 1.82) is 0 Å². The molecule has 0 bridgehead atoms. The first-order valence-electron chi connectivity index (χ1n) is 5.28. The Labute approximate surface area is 83.9 Å². The van der Waals surface area contributed by atoms with Gasteiger partial charge in [-0.05, 0) is 25.3 Å². The van der Waals surface area contributed by atoms with Crippen LogP contribution in [-0.4, -0.2) is 42.2 Å². The van der Waals surface area contributed by atoms with E-state index in [0.717, 1.165) is 13.0 Å². The van der Waals surface area contributed by atoms with Crippen molar-refractivity contribution in [3.05, 3.63) is 0 Å². The molecule has 0 amide bonds. The van der Waals surface area contributed by atoms with Gasteiger partial charge in [-0.25, -0.2) is 8.78 Å². The molecule has 2 nitrogen and oxygen atoms in total. The highest BCUT2D eigenvalue weighted by Gasteiger charge is 2.35. The Kier molecular flexibility index (Phi) is 4.26. The zero-order valence-corrected chi connectivity index (χ0v) is 8.68. The fourth-order valence-electron chi connectivity index (χ4n) is 1.88. The number of halogens is 2. The lowest BCUT2D eigenvalue weighted by atomic mass is 10.0. The van der Waals surface area contributed by atoms with Gasteiger partial charge in [-0.1, -0.05) is 6.92 Å². The zero-order valence-electron chi connectivity index (χ0n) is 8.68. The van der Waals surface area contributed by atoms with Gasteiger partial charge in [0, 0.05) is 19.6 Å². The van der Waals surface area contributed by atoms with Crippen molar-refractivity contribution < 1.29 is 13.9 Å². The summed E-state index contributed by atoms with van der Waals surface area (Å²) in [6.45, 7) is 3.28. The first-order chi connectivity index (χ1) is 6.57. The quantitative estimate of drug-likeness (QED) is 0.759. The summed E-state index contributed by atoms with van der Waals surface area (Å²) in [6, 6.07) is 0. The van der Waals surface area contributed by atoms with E-state index in [2.05, 4.69) is 0 Å². The van der Waals surface area contributed by atoms with Gasteiger partial charge in [-0.3, -0.25) is 4.90 Å². The number of nitrogens with zero attached hydrogens (tertiary/aromatic N) is 1. The first kappa shape index (κ1) is 11.9. The molecule has 1 aliphatic heterocycles. The SMILES string of the molecule is CCC(CO)CN1CCCC(F)(F)C1. The van der Waals surface area contributed by atoms with Gasteiger partial charge in [0.2, 0.25) is 0 Å². The van der Waals surface area contributed by atoms with Gasteiger partial charge >= 0.3 is 0 Å². The van der Waals surface area contributed by atoms with Crippen LogP contribution in [0, 0.1) is 5.92 Å². The topological polar surface area (TPSA) is 23.5 Å². The van der Waals surface area contributed by atoms with E-state index >= 15 is 0 Å². The lowest BCUT2D eigenvalue weighted by molar-refractivity contribution is -0.0685. The molecule has 1 atom stereocenters. The Morgan fingerprint density at radius 3 is 2.71 bits per heavy atom. The van der Waals surface area contributed by atoms with E-state index in [4.69, 9.17) is 5.11 Å². The monoisotopic (exact) mass is 207 g/mol. The smallest absolute Gasteiger partial charge is 0.260 e. The maximum Gasteiger partial charge on any atom is 0.260 e. The number of rotatable bonds is 4. The van der Waals surface area contributed by atoms with Crippen molar-refractivity contribution in [2.24, 2.45) is 5.92 Å². The minimum absolute atomic E-state index is 0.0133. The fourth-order valence-corrected chi connectivity index (χ4v) is 1.88. The number of piperidine rings is 1. The van der Waals surface area contributed by atoms with Gasteiger partial charge in [0.15, 0.2) is 0 Å². The predicted molar refractivity (Wildman–Crippen MR) is 51.5 cm³/mol. The number of hydrogen-bond acceptors (Lipinski definition) is 2. The molecular weight excluding hydrogens is 188 g/mol. The summed E-state index contributed by atoms with van der Waals surface area (Å²) in [5.74, 6) is -2.38. The molecule has 0 aromatic heterocycles. The number of alkyl halides is 2. The van der Waals surface area contributed by atoms with Crippen molar-refractivity contribution in [2.45, 2.75) is 32.1 Å². The van der Waals surface area contributed by atoms with Gasteiger partial charge in [-0.2, -0.15) is 0 Å². The number of likely N-dealkylation sites (tertiary alicyclic amines) is 1. The van der Waals surface area contributed by atoms with E-state index in [1.54, 1.807) is 4.90 Å². The molecule has 1 N–H and O–H groups in total. The lowest BCUT2D eigenvalue weighted by Gasteiger charge is -2.34. The lowest BCUT2D eigenvalue weighted by Crippen LogP contribution is -2.44. The first-order valence-corrected chi connectivity index (χ1v) is 5.28. The summed E-state index contributed by atoms with van der Waals surface area (Å²) in [5, 5.41) is 8.97. The van der Waals surface area contributed by atoms with Crippen molar-refractivity contribution >= 4 is 0 Å². The number of hydrogen-bond donors (Lipinski definition) is 1. The molecule has 0 saturated carbocycles. The van der Waals surface area contributed by atoms with Crippen LogP contribution in [0.2, 0.25) is 0 Å². The molecule has 1 aliphatic rings. The van der Waals surface area contributed by atoms with Crippen LogP contribution in [0.4, 0.5) is 8.78 Å². The normalized spacial score (nSPS) is 24.9. The molecule has 1 saturated heterocycles. The molecule has 1 heterocycles. The van der Waals surface area contributed by atoms with Crippen LogP contribution in [-0.2, 0) is 0 Å². The third kappa shape index (κ3) is 3.50. The van der Waals surface area contributed by atoms with E-state index in [0.29, 0.717) is 13.0 Å². The van der Waals surface area contributed by atoms with Crippen LogP contribution in [0.15, 0.2) is 0 Å². The summed E-state index contributed by atoms with van der Waals surface area (Å²) >= 11 is 0. The second-order valence-corrected chi connectivity index (χ2v) is 4.15. The average molecular weight is 207 g/mol. The average Bonchev–Trinajstić information content (AvgIpc) is 2.12. The summed E-state index contributed by atoms with van der Waals surface area (Å²) in [6.07, 6.45) is 1.42. The number of aliphatic hydroxyl groups is 1. The molecule has 0 aromatic rings. The largest absolute Gasteiger partial charge is 0.396 e. The van der Waals surface area contributed by atoms with E-state index in [1.807, 2.05) is 6.92 Å². The molecule has 4 heteroatoms. The molecule has 1 unspecified atom stereocenters. The molecule has 1 rings (SSSR count). The van der Waals surface area contributed by atoms with Crippen molar-refractivity contribution in [3.63, 3.8) is 0 Å². The molecule has 1 fully saturated rings. The standard InChI is InChI=1S/C10H19F2NO/c1-2-9(7-14)6-13-5-3-4-10(11,12)8-13/h9,14H,2-8H2,1H3. The predicted octanol–water partition coefficient (Wildman–Crippen LogP) is 1.74. The zero-order chi connectivity index (χ0) is 10.6. The Balaban J connectivity index is 2.37. The summed E-state index contributed by atoms with van der Waals surface area (Å²) < 4.78 is 26.0. The van der Waals surface area contributed by atoms with Gasteiger partial charge < -0.3 is 5.11 Å². The van der Waals surface area contributed by atoms with Crippen LogP contribution in [0.3, 0.4) is 0 Å². The van der Waals surface area contributed by atoms with Gasteiger partial charge in [0.25, 0.3) is 5.92 Å². The molecule has 0 radical (unpaired) electrons. The minimum Gasteiger partial charge on any atom is -0.396 e. The van der Waals surface area contributed by atoms with Gasteiger partial charge in [0.1, 0.15) is 0 Å². The Bertz CT molecular complexity index is 172. The maximum atomic E-state index is 13.0. The summed E-state index contributed by atoms with van der Waals surface area (Å²) in [7, 11) is 0. The van der Waals surface area contributed by atoms with E-state index in [-0.39, 0.29) is 25.5 Å². The van der Waals surface area contributed by atoms with Crippen LogP contribution >= 0.6 is 0 Å². The second-order valence-electron chi connectivity index (χ2n) is 4.15. The maximum absolute atomic E-state index is 13.0. The van der Waals surface area contributed by atoms with Crippen molar-refractivity contribution in [2.75, 3.05) is 26.2 Å². The number of aliphatic hydroxyl groups excluding tert-OH is 1. The summed E-state index contributed by atoms with van der Waals surface area (Å²) in [5.41, 5.74) is 0. The highest BCUT2D eigenvalue weighted by molar-refractivity contribution is 4.79. The van der Waals surface area contributed by atoms with E-state index < -0.39 is 5.92 Å². The highest BCUT2D eigenvalue weighted by atomic mass is 19.3. The highest BCUT2D eigenvalue weighted by Crippen LogP contribution is 2.27. The molecule has 14 heavy (non-hydrogen) atoms. The van der Waals surface area contributed by atoms with Crippen molar-refractivity contribution in [1.82, 2.24) is 4.90 Å². The third-order valence-corrected chi connectivity index (χ3v) is 2.82. The van der Waals surface area contributed by atoms with Gasteiger partial charge in [-0.15, -0.1) is 0 Å². The molecule has 84 valence electrons.